The predicted molar refractivity (Wildman–Crippen MR) is 60.3 cm³/mol. The quantitative estimate of drug-likeness (QED) is 0.773. The van der Waals surface area contributed by atoms with Crippen LogP contribution in [0.3, 0.4) is 0 Å². The standard InChI is InChI=1S/C11H14N4/c12-6-7-2-1-3-9-10(7)14-11(13)15(9)8-4-5-8/h1-3,8H,4-6,12H2,(H2,13,14). The van der Waals surface area contributed by atoms with E-state index in [9.17, 15) is 0 Å². The second-order valence-corrected chi connectivity index (χ2v) is 4.06. The molecule has 1 saturated carbocycles. The zero-order chi connectivity index (χ0) is 10.4. The van der Waals surface area contributed by atoms with Crippen molar-refractivity contribution in [3.63, 3.8) is 0 Å². The highest BCUT2D eigenvalue weighted by Crippen LogP contribution is 2.39. The van der Waals surface area contributed by atoms with Crippen molar-refractivity contribution < 1.29 is 0 Å². The fraction of sp³-hybridized carbons (Fsp3) is 0.364. The topological polar surface area (TPSA) is 69.9 Å². The van der Waals surface area contributed by atoms with Gasteiger partial charge in [-0.2, -0.15) is 0 Å². The van der Waals surface area contributed by atoms with Crippen molar-refractivity contribution >= 4 is 17.0 Å². The maximum absolute atomic E-state index is 5.93. The normalized spacial score (nSPS) is 16.1. The van der Waals surface area contributed by atoms with E-state index in [0.29, 0.717) is 18.5 Å². The van der Waals surface area contributed by atoms with E-state index in [4.69, 9.17) is 11.5 Å². The zero-order valence-corrected chi connectivity index (χ0v) is 8.48. The lowest BCUT2D eigenvalue weighted by Crippen LogP contribution is -2.00. The molecule has 0 bridgehead atoms. The number of nitrogen functional groups attached to an aromatic ring is 1. The SMILES string of the molecule is NCc1cccc2c1nc(N)n2C1CC1. The summed E-state index contributed by atoms with van der Waals surface area (Å²) in [5, 5.41) is 0. The van der Waals surface area contributed by atoms with Crippen LogP contribution in [0.25, 0.3) is 11.0 Å². The van der Waals surface area contributed by atoms with E-state index >= 15 is 0 Å². The summed E-state index contributed by atoms with van der Waals surface area (Å²) in [4.78, 5) is 4.41. The van der Waals surface area contributed by atoms with Crippen molar-refractivity contribution in [1.82, 2.24) is 9.55 Å². The first-order chi connectivity index (χ1) is 7.31. The summed E-state index contributed by atoms with van der Waals surface area (Å²) < 4.78 is 2.13. The molecular weight excluding hydrogens is 188 g/mol. The number of hydrogen-bond donors (Lipinski definition) is 2. The second-order valence-electron chi connectivity index (χ2n) is 4.06. The van der Waals surface area contributed by atoms with Crippen LogP contribution in [0.5, 0.6) is 0 Å². The molecule has 1 aliphatic rings. The van der Waals surface area contributed by atoms with Gasteiger partial charge in [-0.25, -0.2) is 4.98 Å². The summed E-state index contributed by atoms with van der Waals surface area (Å²) in [6.45, 7) is 0.512. The van der Waals surface area contributed by atoms with Gasteiger partial charge >= 0.3 is 0 Å². The third-order valence-electron chi connectivity index (χ3n) is 2.96. The molecule has 0 atom stereocenters. The number of imidazole rings is 1. The molecule has 1 fully saturated rings. The van der Waals surface area contributed by atoms with Gasteiger partial charge in [0.1, 0.15) is 0 Å². The number of benzene rings is 1. The van der Waals surface area contributed by atoms with E-state index in [-0.39, 0.29) is 0 Å². The molecule has 0 amide bonds. The molecule has 4 heteroatoms. The highest BCUT2D eigenvalue weighted by atomic mass is 15.2. The molecular formula is C11H14N4. The minimum atomic E-state index is 0.512. The van der Waals surface area contributed by atoms with Crippen LogP contribution < -0.4 is 11.5 Å². The van der Waals surface area contributed by atoms with Crippen molar-refractivity contribution in [2.24, 2.45) is 5.73 Å². The average Bonchev–Trinajstić information content (AvgIpc) is 3.00. The van der Waals surface area contributed by atoms with Crippen molar-refractivity contribution in [2.75, 3.05) is 5.73 Å². The fourth-order valence-electron chi connectivity index (χ4n) is 2.07. The van der Waals surface area contributed by atoms with Crippen molar-refractivity contribution in [3.8, 4) is 0 Å². The molecule has 0 radical (unpaired) electrons. The van der Waals surface area contributed by atoms with Crippen LogP contribution in [0.15, 0.2) is 18.2 Å². The first-order valence-electron chi connectivity index (χ1n) is 5.26. The average molecular weight is 202 g/mol. The number of nitrogens with two attached hydrogens (primary N) is 2. The number of para-hydroxylation sites is 1. The molecule has 4 nitrogen and oxygen atoms in total. The Bertz CT molecular complexity index is 511. The number of fused-ring (bicyclic) bond motifs is 1. The summed E-state index contributed by atoms with van der Waals surface area (Å²) in [7, 11) is 0. The van der Waals surface area contributed by atoms with Crippen LogP contribution in [0.2, 0.25) is 0 Å². The number of nitrogens with zero attached hydrogens (tertiary/aromatic N) is 2. The summed E-state index contributed by atoms with van der Waals surface area (Å²) in [5.74, 6) is 0.619. The van der Waals surface area contributed by atoms with Crippen LogP contribution in [-0.2, 0) is 6.54 Å². The summed E-state index contributed by atoms with van der Waals surface area (Å²) in [5.41, 5.74) is 14.8. The Morgan fingerprint density at radius 3 is 2.87 bits per heavy atom. The Morgan fingerprint density at radius 2 is 2.20 bits per heavy atom. The van der Waals surface area contributed by atoms with Gasteiger partial charge in [0.15, 0.2) is 0 Å². The molecule has 2 aromatic rings. The van der Waals surface area contributed by atoms with Crippen LogP contribution in [0.4, 0.5) is 5.95 Å². The molecule has 0 aliphatic heterocycles. The van der Waals surface area contributed by atoms with E-state index in [1.54, 1.807) is 0 Å². The van der Waals surface area contributed by atoms with Gasteiger partial charge in [0.25, 0.3) is 0 Å². The first-order valence-corrected chi connectivity index (χ1v) is 5.26. The van der Waals surface area contributed by atoms with Gasteiger partial charge in [-0.05, 0) is 24.5 Å². The Labute approximate surface area is 87.9 Å². The van der Waals surface area contributed by atoms with Crippen molar-refractivity contribution in [2.45, 2.75) is 25.4 Å². The number of aromatic nitrogens is 2. The Balaban J connectivity index is 2.31. The third-order valence-corrected chi connectivity index (χ3v) is 2.96. The molecule has 0 unspecified atom stereocenters. The fourth-order valence-corrected chi connectivity index (χ4v) is 2.07. The van der Waals surface area contributed by atoms with Crippen molar-refractivity contribution in [3.05, 3.63) is 23.8 Å². The first kappa shape index (κ1) is 8.73. The molecule has 3 rings (SSSR count). The summed E-state index contributed by atoms with van der Waals surface area (Å²) >= 11 is 0. The number of anilines is 1. The molecule has 1 aromatic heterocycles. The lowest BCUT2D eigenvalue weighted by Gasteiger charge is -2.03. The largest absolute Gasteiger partial charge is 0.369 e. The zero-order valence-electron chi connectivity index (χ0n) is 8.48. The lowest BCUT2D eigenvalue weighted by atomic mass is 10.2. The molecule has 78 valence electrons. The van der Waals surface area contributed by atoms with Crippen LogP contribution in [0.1, 0.15) is 24.4 Å². The monoisotopic (exact) mass is 202 g/mol. The Morgan fingerprint density at radius 1 is 1.40 bits per heavy atom. The van der Waals surface area contributed by atoms with Crippen LogP contribution >= 0.6 is 0 Å². The minimum absolute atomic E-state index is 0.512. The molecule has 0 spiro atoms. The van der Waals surface area contributed by atoms with E-state index in [2.05, 4.69) is 15.6 Å². The highest BCUT2D eigenvalue weighted by Gasteiger charge is 2.27. The summed E-state index contributed by atoms with van der Waals surface area (Å²) in [6, 6.07) is 6.65. The summed E-state index contributed by atoms with van der Waals surface area (Å²) in [6.07, 6.45) is 2.42. The molecule has 1 aliphatic carbocycles. The van der Waals surface area contributed by atoms with Gasteiger partial charge in [0.05, 0.1) is 11.0 Å². The number of hydrogen-bond acceptors (Lipinski definition) is 3. The van der Waals surface area contributed by atoms with Crippen LogP contribution in [0, 0.1) is 0 Å². The van der Waals surface area contributed by atoms with Gasteiger partial charge in [0.2, 0.25) is 5.95 Å². The lowest BCUT2D eigenvalue weighted by molar-refractivity contribution is 0.779. The van der Waals surface area contributed by atoms with E-state index in [0.717, 1.165) is 16.6 Å². The molecule has 0 saturated heterocycles. The molecule has 4 N–H and O–H groups in total. The smallest absolute Gasteiger partial charge is 0.201 e. The van der Waals surface area contributed by atoms with Crippen LogP contribution in [-0.4, -0.2) is 9.55 Å². The molecule has 1 heterocycles. The Kier molecular flexibility index (Phi) is 1.73. The third kappa shape index (κ3) is 1.22. The highest BCUT2D eigenvalue weighted by molar-refractivity contribution is 5.82. The van der Waals surface area contributed by atoms with E-state index in [1.165, 1.54) is 12.8 Å². The second kappa shape index (κ2) is 2.97. The maximum Gasteiger partial charge on any atom is 0.201 e. The maximum atomic E-state index is 5.93. The van der Waals surface area contributed by atoms with E-state index in [1.807, 2.05) is 12.1 Å². The minimum Gasteiger partial charge on any atom is -0.369 e. The van der Waals surface area contributed by atoms with Gasteiger partial charge in [-0.3, -0.25) is 0 Å². The van der Waals surface area contributed by atoms with Gasteiger partial charge in [0, 0.05) is 12.6 Å². The van der Waals surface area contributed by atoms with Gasteiger partial charge in [-0.1, -0.05) is 12.1 Å². The van der Waals surface area contributed by atoms with E-state index < -0.39 is 0 Å². The predicted octanol–water partition coefficient (Wildman–Crippen LogP) is 1.41. The van der Waals surface area contributed by atoms with Gasteiger partial charge in [-0.15, -0.1) is 0 Å². The molecule has 15 heavy (non-hydrogen) atoms. The Hall–Kier alpha value is -1.55. The van der Waals surface area contributed by atoms with Crippen molar-refractivity contribution in [1.29, 1.82) is 0 Å². The number of rotatable bonds is 2. The molecule has 1 aromatic carbocycles. The van der Waals surface area contributed by atoms with Gasteiger partial charge < -0.3 is 16.0 Å².